The molecule has 260 valence electrons. The number of hydrogen-bond donors (Lipinski definition) is 2. The number of halogens is 1. The third-order valence-corrected chi connectivity index (χ3v) is 11.4. The van der Waals surface area contributed by atoms with E-state index in [4.69, 9.17) is 17.3 Å². The first-order valence-electron chi connectivity index (χ1n) is 17.9. The van der Waals surface area contributed by atoms with Gasteiger partial charge in [0.1, 0.15) is 0 Å². The molecule has 10 nitrogen and oxygen atoms in total. The number of rotatable bonds is 8. The van der Waals surface area contributed by atoms with Crippen LogP contribution < -0.4 is 11.1 Å². The number of amides is 4. The number of likely N-dealkylation sites (tertiary alicyclic amines) is 2. The smallest absolute Gasteiger partial charge is 0.322 e. The van der Waals surface area contributed by atoms with Gasteiger partial charge in [-0.1, -0.05) is 42.8 Å². The lowest BCUT2D eigenvalue weighted by Gasteiger charge is -2.41. The molecule has 3 fully saturated rings. The first-order chi connectivity index (χ1) is 23.2. The standard InChI is InChI=1S/C37H52ClN7O3/c1-3-27-21-26(23-32(38)35(27)39)22-29(36(47)44-17-9-30(10-18-44)42-14-6-13-41(2)19-20-42)24-34(46)43-15-11-31(12-16-43)45-25-28-7-4-5-8-33(28)40-37(45)48/h4-5,7-8,21,23,29-31H,3,6,9-20,22,24-25,39H2,1-2H3,(H,40,48)/t29-/m0/s1. The quantitative estimate of drug-likeness (QED) is 0.393. The van der Waals surface area contributed by atoms with Gasteiger partial charge in [-0.15, -0.1) is 0 Å². The van der Waals surface area contributed by atoms with E-state index in [-0.39, 0.29) is 30.3 Å². The van der Waals surface area contributed by atoms with Crippen LogP contribution in [0.3, 0.4) is 0 Å². The third kappa shape index (κ3) is 7.92. The number of nitrogens with one attached hydrogen (secondary N) is 1. The van der Waals surface area contributed by atoms with E-state index in [9.17, 15) is 14.4 Å². The van der Waals surface area contributed by atoms with Crippen LogP contribution in [0.2, 0.25) is 5.02 Å². The Kier molecular flexibility index (Phi) is 11.1. The molecule has 3 saturated heterocycles. The lowest BCUT2D eigenvalue weighted by molar-refractivity contribution is -0.143. The Morgan fingerprint density at radius 3 is 2.40 bits per heavy atom. The third-order valence-electron chi connectivity index (χ3n) is 11.1. The maximum Gasteiger partial charge on any atom is 0.322 e. The molecule has 0 spiro atoms. The molecule has 0 unspecified atom stereocenters. The van der Waals surface area contributed by atoms with Crippen LogP contribution in [0, 0.1) is 5.92 Å². The molecule has 0 saturated carbocycles. The Bertz CT molecular complexity index is 1470. The molecular formula is C37H52ClN7O3. The van der Waals surface area contributed by atoms with E-state index in [1.807, 2.05) is 58.0 Å². The summed E-state index contributed by atoms with van der Waals surface area (Å²) in [6, 6.07) is 12.3. The highest BCUT2D eigenvalue weighted by Gasteiger charge is 2.36. The molecular weight excluding hydrogens is 626 g/mol. The minimum absolute atomic E-state index is 0.000991. The van der Waals surface area contributed by atoms with Crippen LogP contribution in [0.4, 0.5) is 16.2 Å². The molecule has 11 heteroatoms. The summed E-state index contributed by atoms with van der Waals surface area (Å²) in [5.74, 6) is -0.421. The summed E-state index contributed by atoms with van der Waals surface area (Å²) in [5.41, 5.74) is 10.7. The Labute approximate surface area is 290 Å². The molecule has 4 aliphatic heterocycles. The maximum absolute atomic E-state index is 14.2. The van der Waals surface area contributed by atoms with E-state index < -0.39 is 5.92 Å². The molecule has 0 aromatic heterocycles. The van der Waals surface area contributed by atoms with Crippen LogP contribution in [0.15, 0.2) is 36.4 Å². The first kappa shape index (κ1) is 34.5. The number of hydrogen-bond acceptors (Lipinski definition) is 6. The Morgan fingerprint density at radius 2 is 1.65 bits per heavy atom. The molecule has 2 aromatic carbocycles. The van der Waals surface area contributed by atoms with E-state index in [0.29, 0.717) is 55.6 Å². The lowest BCUT2D eigenvalue weighted by Crippen LogP contribution is -2.52. The van der Waals surface area contributed by atoms with Crippen molar-refractivity contribution in [2.75, 3.05) is 70.5 Å². The number of likely N-dealkylation sites (N-methyl/N-ethyl adjacent to an activating group) is 1. The number of aryl methyl sites for hydroxylation is 1. The maximum atomic E-state index is 14.2. The summed E-state index contributed by atoms with van der Waals surface area (Å²) in [5, 5.41) is 3.52. The van der Waals surface area contributed by atoms with Gasteiger partial charge in [-0.3, -0.25) is 14.5 Å². The number of para-hydroxylation sites is 1. The monoisotopic (exact) mass is 677 g/mol. The highest BCUT2D eigenvalue weighted by molar-refractivity contribution is 6.33. The molecule has 3 N–H and O–H groups in total. The first-order valence-corrected chi connectivity index (χ1v) is 18.3. The van der Waals surface area contributed by atoms with Crippen LogP contribution in [0.5, 0.6) is 0 Å². The van der Waals surface area contributed by atoms with Gasteiger partial charge in [-0.05, 0) is 93.9 Å². The normalized spacial score (nSPS) is 21.1. The number of carbonyl (C=O) groups excluding carboxylic acids is 3. The highest BCUT2D eigenvalue weighted by atomic mass is 35.5. The molecule has 6 rings (SSSR count). The lowest BCUT2D eigenvalue weighted by atomic mass is 9.91. The molecule has 4 amide bonds. The average molecular weight is 678 g/mol. The number of nitrogens with zero attached hydrogens (tertiary/aromatic N) is 5. The van der Waals surface area contributed by atoms with Crippen molar-refractivity contribution in [3.8, 4) is 0 Å². The summed E-state index contributed by atoms with van der Waals surface area (Å²) in [6.07, 6.45) is 5.88. The molecule has 4 heterocycles. The van der Waals surface area contributed by atoms with Crippen molar-refractivity contribution in [3.63, 3.8) is 0 Å². The van der Waals surface area contributed by atoms with Crippen LogP contribution in [0.25, 0.3) is 0 Å². The summed E-state index contributed by atoms with van der Waals surface area (Å²) in [6.45, 7) is 9.61. The zero-order valence-corrected chi connectivity index (χ0v) is 29.4. The van der Waals surface area contributed by atoms with Gasteiger partial charge in [0.25, 0.3) is 0 Å². The van der Waals surface area contributed by atoms with Crippen LogP contribution in [0.1, 0.15) is 62.1 Å². The number of carbonyl (C=O) groups is 3. The fraction of sp³-hybridized carbons (Fsp3) is 0.595. The van der Waals surface area contributed by atoms with Crippen molar-refractivity contribution in [1.29, 1.82) is 0 Å². The van der Waals surface area contributed by atoms with Gasteiger partial charge in [0.2, 0.25) is 11.8 Å². The van der Waals surface area contributed by atoms with Gasteiger partial charge >= 0.3 is 6.03 Å². The number of nitrogens with two attached hydrogens (primary N) is 1. The highest BCUT2D eigenvalue weighted by Crippen LogP contribution is 2.31. The fourth-order valence-electron chi connectivity index (χ4n) is 8.10. The summed E-state index contributed by atoms with van der Waals surface area (Å²) < 4.78 is 0. The Hall–Kier alpha value is -3.34. The second-order valence-corrected chi connectivity index (χ2v) is 14.6. The molecule has 1 atom stereocenters. The molecule has 0 bridgehead atoms. The summed E-state index contributed by atoms with van der Waals surface area (Å²) in [4.78, 5) is 51.8. The Morgan fingerprint density at radius 1 is 0.938 bits per heavy atom. The van der Waals surface area contributed by atoms with Gasteiger partial charge in [-0.2, -0.15) is 0 Å². The zero-order valence-electron chi connectivity index (χ0n) is 28.6. The number of benzene rings is 2. The van der Waals surface area contributed by atoms with Crippen molar-refractivity contribution in [2.24, 2.45) is 5.92 Å². The molecule has 0 aliphatic carbocycles. The Balaban J connectivity index is 1.10. The van der Waals surface area contributed by atoms with E-state index >= 15 is 0 Å². The molecule has 4 aliphatic rings. The van der Waals surface area contributed by atoms with Crippen molar-refractivity contribution < 1.29 is 14.4 Å². The second kappa shape index (κ2) is 15.5. The van der Waals surface area contributed by atoms with Crippen molar-refractivity contribution in [1.82, 2.24) is 24.5 Å². The van der Waals surface area contributed by atoms with Gasteiger partial charge < -0.3 is 30.7 Å². The zero-order chi connectivity index (χ0) is 33.8. The molecule has 0 radical (unpaired) electrons. The van der Waals surface area contributed by atoms with E-state index in [2.05, 4.69) is 22.2 Å². The predicted octanol–water partition coefficient (Wildman–Crippen LogP) is 4.70. The van der Waals surface area contributed by atoms with Gasteiger partial charge in [-0.25, -0.2) is 4.79 Å². The average Bonchev–Trinajstić information content (AvgIpc) is 3.33. The molecule has 2 aromatic rings. The number of piperidine rings is 2. The van der Waals surface area contributed by atoms with Gasteiger partial charge in [0.05, 0.1) is 16.6 Å². The van der Waals surface area contributed by atoms with Gasteiger partial charge in [0.15, 0.2) is 0 Å². The topological polar surface area (TPSA) is 105 Å². The summed E-state index contributed by atoms with van der Waals surface area (Å²) >= 11 is 6.53. The number of nitrogen functional groups attached to an aromatic ring is 1. The van der Waals surface area contributed by atoms with Gasteiger partial charge in [0, 0.05) is 70.0 Å². The van der Waals surface area contributed by atoms with Crippen molar-refractivity contribution in [3.05, 3.63) is 58.1 Å². The number of anilines is 2. The minimum atomic E-state index is -0.479. The second-order valence-electron chi connectivity index (χ2n) is 14.2. The predicted molar refractivity (Wildman–Crippen MR) is 191 cm³/mol. The summed E-state index contributed by atoms with van der Waals surface area (Å²) in [7, 11) is 2.19. The number of urea groups is 1. The minimum Gasteiger partial charge on any atom is -0.397 e. The van der Waals surface area contributed by atoms with Crippen molar-refractivity contribution >= 4 is 40.8 Å². The fourth-order valence-corrected chi connectivity index (χ4v) is 8.37. The number of fused-ring (bicyclic) bond motifs is 1. The SMILES string of the molecule is CCc1cc(C[C@@H](CC(=O)N2CCC(N3Cc4ccccc4NC3=O)CC2)C(=O)N2CCC(N3CCCN(C)CC3)CC2)cc(Cl)c1N. The molecule has 48 heavy (non-hydrogen) atoms. The van der Waals surface area contributed by atoms with E-state index in [1.165, 1.54) is 6.42 Å². The van der Waals surface area contributed by atoms with E-state index in [1.54, 1.807) is 0 Å². The van der Waals surface area contributed by atoms with Crippen LogP contribution >= 0.6 is 11.6 Å². The van der Waals surface area contributed by atoms with E-state index in [0.717, 1.165) is 80.9 Å². The van der Waals surface area contributed by atoms with Crippen LogP contribution in [-0.2, 0) is 29.0 Å². The van der Waals surface area contributed by atoms with Crippen LogP contribution in [-0.4, -0.2) is 114 Å². The van der Waals surface area contributed by atoms with Crippen molar-refractivity contribution in [2.45, 2.75) is 76.9 Å². The largest absolute Gasteiger partial charge is 0.397 e.